The smallest absolute Gasteiger partial charge is 0.107 e. The van der Waals surface area contributed by atoms with Gasteiger partial charge in [-0.3, -0.25) is 4.90 Å². The molecule has 1 heterocycles. The molecule has 0 amide bonds. The lowest BCUT2D eigenvalue weighted by Crippen LogP contribution is -2.22. The van der Waals surface area contributed by atoms with E-state index in [1.54, 1.807) is 11.3 Å². The summed E-state index contributed by atoms with van der Waals surface area (Å²) in [6.45, 7) is 5.05. The van der Waals surface area contributed by atoms with E-state index in [-0.39, 0.29) is 0 Å². The molecule has 3 nitrogen and oxygen atoms in total. The average molecular weight is 247 g/mol. The fourth-order valence-corrected chi connectivity index (χ4v) is 2.34. The molecule has 0 bridgehead atoms. The number of hydrogen-bond donors (Lipinski definition) is 1. The van der Waals surface area contributed by atoms with Gasteiger partial charge in [0.05, 0.1) is 6.54 Å². The van der Waals surface area contributed by atoms with Gasteiger partial charge >= 0.3 is 0 Å². The van der Waals surface area contributed by atoms with Crippen LogP contribution >= 0.6 is 11.3 Å². The fraction of sp³-hybridized carbons (Fsp3) is 0.308. The first-order chi connectivity index (χ1) is 8.28. The molecule has 0 aliphatic rings. The van der Waals surface area contributed by atoms with Gasteiger partial charge in [0.1, 0.15) is 5.01 Å². The van der Waals surface area contributed by atoms with Crippen molar-refractivity contribution in [3.63, 3.8) is 0 Å². The Morgan fingerprint density at radius 3 is 2.59 bits per heavy atom. The van der Waals surface area contributed by atoms with Gasteiger partial charge in [0.25, 0.3) is 0 Å². The van der Waals surface area contributed by atoms with Gasteiger partial charge in [-0.15, -0.1) is 11.3 Å². The summed E-state index contributed by atoms with van der Waals surface area (Å²) < 4.78 is 0. The number of nitrogen functional groups attached to an aromatic ring is 1. The highest BCUT2D eigenvalue weighted by Crippen LogP contribution is 2.12. The van der Waals surface area contributed by atoms with Gasteiger partial charge in [0.15, 0.2) is 0 Å². The zero-order valence-corrected chi connectivity index (χ0v) is 10.8. The fourth-order valence-electron chi connectivity index (χ4n) is 1.68. The molecule has 1 aromatic carbocycles. The number of rotatable bonds is 5. The Morgan fingerprint density at radius 1 is 1.24 bits per heavy atom. The number of nitrogens with two attached hydrogens (primary N) is 1. The lowest BCUT2D eigenvalue weighted by Gasteiger charge is -2.19. The molecule has 0 fully saturated rings. The van der Waals surface area contributed by atoms with Crippen molar-refractivity contribution in [2.75, 3.05) is 12.3 Å². The summed E-state index contributed by atoms with van der Waals surface area (Å²) in [4.78, 5) is 6.68. The minimum absolute atomic E-state index is 0.816. The van der Waals surface area contributed by atoms with Crippen LogP contribution in [-0.4, -0.2) is 16.4 Å². The highest BCUT2D eigenvalue weighted by Gasteiger charge is 2.06. The van der Waals surface area contributed by atoms with Gasteiger partial charge < -0.3 is 5.73 Å². The summed E-state index contributed by atoms with van der Waals surface area (Å²) in [7, 11) is 0. The van der Waals surface area contributed by atoms with E-state index in [9.17, 15) is 0 Å². The number of nitrogens with zero attached hydrogens (tertiary/aromatic N) is 2. The highest BCUT2D eigenvalue weighted by atomic mass is 32.1. The maximum atomic E-state index is 5.68. The summed E-state index contributed by atoms with van der Waals surface area (Å²) in [5.74, 6) is 0. The van der Waals surface area contributed by atoms with Crippen LogP contribution in [0.2, 0.25) is 0 Å². The van der Waals surface area contributed by atoms with Gasteiger partial charge in [-0.05, 0) is 24.2 Å². The predicted molar refractivity (Wildman–Crippen MR) is 72.8 cm³/mol. The number of thiazole rings is 1. The van der Waals surface area contributed by atoms with Crippen LogP contribution in [0, 0.1) is 0 Å². The largest absolute Gasteiger partial charge is 0.399 e. The Balaban J connectivity index is 1.97. The molecule has 0 atom stereocenters. The van der Waals surface area contributed by atoms with Crippen molar-refractivity contribution in [1.82, 2.24) is 9.88 Å². The Kier molecular flexibility index (Phi) is 4.12. The zero-order chi connectivity index (χ0) is 12.1. The van der Waals surface area contributed by atoms with Crippen LogP contribution in [0.3, 0.4) is 0 Å². The van der Waals surface area contributed by atoms with E-state index < -0.39 is 0 Å². The molecule has 2 aromatic rings. The van der Waals surface area contributed by atoms with Crippen LogP contribution in [0.4, 0.5) is 5.69 Å². The van der Waals surface area contributed by atoms with Crippen molar-refractivity contribution in [3.05, 3.63) is 46.4 Å². The molecule has 2 rings (SSSR count). The summed E-state index contributed by atoms with van der Waals surface area (Å²) in [6, 6.07) is 8.07. The Labute approximate surface area is 106 Å². The summed E-state index contributed by atoms with van der Waals surface area (Å²) in [6.07, 6.45) is 1.86. The van der Waals surface area contributed by atoms with Crippen LogP contribution in [0.1, 0.15) is 17.5 Å². The second-order valence-electron chi connectivity index (χ2n) is 3.97. The third-order valence-electron chi connectivity index (χ3n) is 2.68. The van der Waals surface area contributed by atoms with Crippen LogP contribution in [0.5, 0.6) is 0 Å². The molecule has 2 N–H and O–H groups in total. The van der Waals surface area contributed by atoms with Gasteiger partial charge in [-0.25, -0.2) is 4.98 Å². The van der Waals surface area contributed by atoms with Crippen molar-refractivity contribution in [1.29, 1.82) is 0 Å². The van der Waals surface area contributed by atoms with E-state index >= 15 is 0 Å². The first-order valence-electron chi connectivity index (χ1n) is 5.73. The summed E-state index contributed by atoms with van der Waals surface area (Å²) >= 11 is 1.71. The highest BCUT2D eigenvalue weighted by molar-refractivity contribution is 7.09. The second kappa shape index (κ2) is 5.80. The van der Waals surface area contributed by atoms with Gasteiger partial charge in [-0.1, -0.05) is 19.1 Å². The monoisotopic (exact) mass is 247 g/mol. The number of anilines is 1. The summed E-state index contributed by atoms with van der Waals surface area (Å²) in [5.41, 5.74) is 7.78. The van der Waals surface area contributed by atoms with Crippen molar-refractivity contribution >= 4 is 17.0 Å². The third-order valence-corrected chi connectivity index (χ3v) is 3.44. The molecule has 4 heteroatoms. The van der Waals surface area contributed by atoms with Gasteiger partial charge in [-0.2, -0.15) is 0 Å². The topological polar surface area (TPSA) is 42.1 Å². The molecule has 17 heavy (non-hydrogen) atoms. The van der Waals surface area contributed by atoms with Crippen LogP contribution in [-0.2, 0) is 13.1 Å². The Hall–Kier alpha value is -1.39. The average Bonchev–Trinajstić information content (AvgIpc) is 2.84. The lowest BCUT2D eigenvalue weighted by molar-refractivity contribution is 0.271. The molecule has 0 saturated heterocycles. The normalized spacial score (nSPS) is 10.9. The SMILES string of the molecule is CCN(Cc1ccc(N)cc1)Cc1nccs1. The van der Waals surface area contributed by atoms with Gasteiger partial charge in [0.2, 0.25) is 0 Å². The van der Waals surface area contributed by atoms with Crippen molar-refractivity contribution < 1.29 is 0 Å². The molecule has 1 aromatic heterocycles. The van der Waals surface area contributed by atoms with E-state index in [4.69, 9.17) is 5.73 Å². The maximum Gasteiger partial charge on any atom is 0.107 e. The van der Waals surface area contributed by atoms with E-state index in [1.165, 1.54) is 10.6 Å². The molecule has 0 saturated carbocycles. The molecule has 0 unspecified atom stereocenters. The zero-order valence-electron chi connectivity index (χ0n) is 9.97. The quantitative estimate of drug-likeness (QED) is 0.826. The summed E-state index contributed by atoms with van der Waals surface area (Å²) in [5, 5.41) is 3.19. The van der Waals surface area contributed by atoms with Crippen molar-refractivity contribution in [3.8, 4) is 0 Å². The Bertz CT molecular complexity index is 436. The van der Waals surface area contributed by atoms with E-state index in [0.29, 0.717) is 0 Å². The van der Waals surface area contributed by atoms with Gasteiger partial charge in [0, 0.05) is 23.8 Å². The van der Waals surface area contributed by atoms with E-state index in [1.807, 2.05) is 23.7 Å². The molecular formula is C13H17N3S. The van der Waals surface area contributed by atoms with Crippen molar-refractivity contribution in [2.45, 2.75) is 20.0 Å². The predicted octanol–water partition coefficient (Wildman–Crippen LogP) is 2.75. The number of aromatic nitrogens is 1. The molecular weight excluding hydrogens is 230 g/mol. The van der Waals surface area contributed by atoms with E-state index in [2.05, 4.69) is 28.9 Å². The minimum atomic E-state index is 0.816. The molecule has 0 aliphatic heterocycles. The third kappa shape index (κ3) is 3.54. The first kappa shape index (κ1) is 12.1. The first-order valence-corrected chi connectivity index (χ1v) is 6.61. The molecule has 0 aliphatic carbocycles. The van der Waals surface area contributed by atoms with Crippen molar-refractivity contribution in [2.24, 2.45) is 0 Å². The number of benzene rings is 1. The minimum Gasteiger partial charge on any atom is -0.399 e. The standard InChI is InChI=1S/C13H17N3S/c1-2-16(10-13-15-7-8-17-13)9-11-3-5-12(14)6-4-11/h3-8H,2,9-10,14H2,1H3. The maximum absolute atomic E-state index is 5.68. The number of hydrogen-bond acceptors (Lipinski definition) is 4. The van der Waals surface area contributed by atoms with Crippen LogP contribution in [0.15, 0.2) is 35.8 Å². The molecule has 90 valence electrons. The van der Waals surface area contributed by atoms with Crippen LogP contribution < -0.4 is 5.73 Å². The Morgan fingerprint density at radius 2 is 2.00 bits per heavy atom. The van der Waals surface area contributed by atoms with E-state index in [0.717, 1.165) is 25.3 Å². The molecule has 0 radical (unpaired) electrons. The van der Waals surface area contributed by atoms with Crippen LogP contribution in [0.25, 0.3) is 0 Å². The lowest BCUT2D eigenvalue weighted by atomic mass is 10.2. The molecule has 0 spiro atoms. The second-order valence-corrected chi connectivity index (χ2v) is 4.95.